The zero-order valence-corrected chi connectivity index (χ0v) is 12.2. The Hall–Kier alpha value is -1.93. The highest BCUT2D eigenvalue weighted by Crippen LogP contribution is 2.38. The summed E-state index contributed by atoms with van der Waals surface area (Å²) >= 11 is 0. The molecule has 0 bridgehead atoms. The van der Waals surface area contributed by atoms with Gasteiger partial charge in [-0.1, -0.05) is 61.5 Å². The van der Waals surface area contributed by atoms with Gasteiger partial charge in [-0.2, -0.15) is 0 Å². The predicted octanol–water partition coefficient (Wildman–Crippen LogP) is 3.66. The van der Waals surface area contributed by atoms with Crippen molar-refractivity contribution in [3.63, 3.8) is 0 Å². The number of fused-ring (bicyclic) bond motifs is 1. The molecule has 0 spiro atoms. The Bertz CT molecular complexity index is 633. The van der Waals surface area contributed by atoms with Crippen LogP contribution in [0, 0.1) is 5.92 Å². The lowest BCUT2D eigenvalue weighted by molar-refractivity contribution is -0.121. The van der Waals surface area contributed by atoms with Crippen molar-refractivity contribution in [2.75, 3.05) is 0 Å². The third-order valence-electron chi connectivity index (χ3n) is 4.55. The van der Waals surface area contributed by atoms with E-state index in [2.05, 4.69) is 0 Å². The molecule has 0 saturated carbocycles. The van der Waals surface area contributed by atoms with Gasteiger partial charge in [-0.25, -0.2) is 0 Å². The van der Waals surface area contributed by atoms with E-state index >= 15 is 0 Å². The van der Waals surface area contributed by atoms with Gasteiger partial charge in [0.25, 0.3) is 0 Å². The summed E-state index contributed by atoms with van der Waals surface area (Å²) in [6.07, 6.45) is 0.726. The average Bonchev–Trinajstić information content (AvgIpc) is 2.84. The van der Waals surface area contributed by atoms with Crippen LogP contribution in [0.2, 0.25) is 0 Å². The van der Waals surface area contributed by atoms with Crippen LogP contribution in [-0.2, 0) is 11.2 Å². The smallest absolute Gasteiger partial charge is 0.140 e. The Kier molecular flexibility index (Phi) is 3.89. The summed E-state index contributed by atoms with van der Waals surface area (Å²) in [6.45, 7) is 1.95. The van der Waals surface area contributed by atoms with Gasteiger partial charge in [0.1, 0.15) is 5.78 Å². The van der Waals surface area contributed by atoms with Gasteiger partial charge in [0.05, 0.1) is 6.10 Å². The van der Waals surface area contributed by atoms with E-state index in [4.69, 9.17) is 0 Å². The van der Waals surface area contributed by atoms with Crippen molar-refractivity contribution >= 4 is 5.78 Å². The first kappa shape index (κ1) is 14.0. The van der Waals surface area contributed by atoms with Crippen LogP contribution in [-0.4, -0.2) is 10.9 Å². The molecule has 1 aliphatic carbocycles. The number of benzene rings is 2. The zero-order chi connectivity index (χ0) is 14.8. The fraction of sp³-hybridized carbons (Fsp3) is 0.316. The van der Waals surface area contributed by atoms with E-state index < -0.39 is 6.10 Å². The molecule has 2 aromatic carbocycles. The van der Waals surface area contributed by atoms with Gasteiger partial charge < -0.3 is 5.11 Å². The summed E-state index contributed by atoms with van der Waals surface area (Å²) in [5.41, 5.74) is 3.21. The molecular formula is C19H20O2. The van der Waals surface area contributed by atoms with Crippen molar-refractivity contribution in [3.05, 3.63) is 71.3 Å². The van der Waals surface area contributed by atoms with Crippen LogP contribution in [0.15, 0.2) is 54.6 Å². The van der Waals surface area contributed by atoms with E-state index in [-0.39, 0.29) is 17.6 Å². The van der Waals surface area contributed by atoms with Crippen molar-refractivity contribution in [2.24, 2.45) is 5.92 Å². The quantitative estimate of drug-likeness (QED) is 0.928. The van der Waals surface area contributed by atoms with E-state index in [0.29, 0.717) is 6.42 Å². The largest absolute Gasteiger partial charge is 0.388 e. The van der Waals surface area contributed by atoms with E-state index in [1.165, 1.54) is 5.56 Å². The Balaban J connectivity index is 1.70. The molecule has 0 amide bonds. The standard InChI is InChI=1S/C19H20O2/c1-13(14-7-3-2-4-8-14)18(20)12-16-11-15-9-5-6-10-17(15)19(16)21/h2-10,13,16,19,21H,11-12H2,1H3/t13-,16?,19?/m1/s1. The topological polar surface area (TPSA) is 37.3 Å². The first-order valence-corrected chi connectivity index (χ1v) is 7.50. The second-order valence-electron chi connectivity index (χ2n) is 5.91. The average molecular weight is 280 g/mol. The van der Waals surface area contributed by atoms with Gasteiger partial charge >= 0.3 is 0 Å². The van der Waals surface area contributed by atoms with Gasteiger partial charge in [-0.3, -0.25) is 4.79 Å². The fourth-order valence-corrected chi connectivity index (χ4v) is 3.20. The molecule has 0 heterocycles. The normalized spacial score (nSPS) is 21.8. The molecule has 1 aliphatic rings. The number of ketones is 1. The highest BCUT2D eigenvalue weighted by atomic mass is 16.3. The van der Waals surface area contributed by atoms with Gasteiger partial charge in [-0.15, -0.1) is 0 Å². The number of Topliss-reactive ketones (excluding diaryl/α,β-unsaturated/α-hetero) is 1. The summed E-state index contributed by atoms with van der Waals surface area (Å²) in [5.74, 6) is 0.112. The maximum atomic E-state index is 12.5. The Labute approximate surface area is 125 Å². The zero-order valence-electron chi connectivity index (χ0n) is 12.2. The molecule has 0 radical (unpaired) electrons. The van der Waals surface area contributed by atoms with Crippen LogP contribution in [0.25, 0.3) is 0 Å². The molecule has 2 unspecified atom stereocenters. The fourth-order valence-electron chi connectivity index (χ4n) is 3.20. The lowest BCUT2D eigenvalue weighted by atomic mass is 9.88. The van der Waals surface area contributed by atoms with Crippen molar-refractivity contribution in [1.82, 2.24) is 0 Å². The minimum absolute atomic E-state index is 0.0149. The van der Waals surface area contributed by atoms with Crippen LogP contribution in [0.3, 0.4) is 0 Å². The molecule has 2 aromatic rings. The molecule has 2 nitrogen and oxygen atoms in total. The van der Waals surface area contributed by atoms with Crippen LogP contribution < -0.4 is 0 Å². The number of rotatable bonds is 4. The first-order chi connectivity index (χ1) is 10.2. The summed E-state index contributed by atoms with van der Waals surface area (Å²) < 4.78 is 0. The summed E-state index contributed by atoms with van der Waals surface area (Å²) in [5, 5.41) is 10.4. The van der Waals surface area contributed by atoms with Crippen molar-refractivity contribution < 1.29 is 9.90 Å². The van der Waals surface area contributed by atoms with E-state index in [1.807, 2.05) is 61.5 Å². The second kappa shape index (κ2) is 5.82. The lowest BCUT2D eigenvalue weighted by Crippen LogP contribution is -2.17. The Morgan fingerprint density at radius 1 is 1.14 bits per heavy atom. The second-order valence-corrected chi connectivity index (χ2v) is 5.91. The highest BCUT2D eigenvalue weighted by molar-refractivity contribution is 5.85. The van der Waals surface area contributed by atoms with Crippen LogP contribution >= 0.6 is 0 Å². The van der Waals surface area contributed by atoms with Crippen molar-refractivity contribution in [2.45, 2.75) is 31.8 Å². The summed E-state index contributed by atoms with van der Waals surface area (Å²) in [7, 11) is 0. The molecule has 3 atom stereocenters. The van der Waals surface area contributed by atoms with Gasteiger partial charge in [-0.05, 0) is 29.0 Å². The third kappa shape index (κ3) is 2.77. The van der Waals surface area contributed by atoms with Crippen molar-refractivity contribution in [1.29, 1.82) is 0 Å². The summed E-state index contributed by atoms with van der Waals surface area (Å²) in [6, 6.07) is 17.8. The van der Waals surface area contributed by atoms with Gasteiger partial charge in [0, 0.05) is 12.3 Å². The third-order valence-corrected chi connectivity index (χ3v) is 4.55. The molecule has 108 valence electrons. The van der Waals surface area contributed by atoms with E-state index in [1.54, 1.807) is 0 Å². The number of hydrogen-bond donors (Lipinski definition) is 1. The minimum Gasteiger partial charge on any atom is -0.388 e. The monoisotopic (exact) mass is 280 g/mol. The molecule has 0 aromatic heterocycles. The number of hydrogen-bond acceptors (Lipinski definition) is 2. The molecule has 2 heteroatoms. The SMILES string of the molecule is C[C@@H](C(=O)CC1Cc2ccccc2C1O)c1ccccc1. The molecule has 0 aliphatic heterocycles. The molecular weight excluding hydrogens is 260 g/mol. The van der Waals surface area contributed by atoms with Crippen LogP contribution in [0.5, 0.6) is 0 Å². The Morgan fingerprint density at radius 3 is 2.52 bits per heavy atom. The van der Waals surface area contributed by atoms with Crippen LogP contribution in [0.4, 0.5) is 0 Å². The van der Waals surface area contributed by atoms with Gasteiger partial charge in [0.15, 0.2) is 0 Å². The predicted molar refractivity (Wildman–Crippen MR) is 83.1 cm³/mol. The van der Waals surface area contributed by atoms with Gasteiger partial charge in [0.2, 0.25) is 0 Å². The number of carbonyl (C=O) groups is 1. The maximum absolute atomic E-state index is 12.5. The minimum atomic E-state index is -0.506. The first-order valence-electron chi connectivity index (χ1n) is 7.50. The van der Waals surface area contributed by atoms with E-state index in [9.17, 15) is 9.90 Å². The molecule has 0 saturated heterocycles. The molecule has 21 heavy (non-hydrogen) atoms. The summed E-state index contributed by atoms with van der Waals surface area (Å²) in [4.78, 5) is 12.5. The van der Waals surface area contributed by atoms with E-state index in [0.717, 1.165) is 17.5 Å². The number of aliphatic hydroxyl groups excluding tert-OH is 1. The molecule has 1 N–H and O–H groups in total. The van der Waals surface area contributed by atoms with Crippen LogP contribution in [0.1, 0.15) is 42.1 Å². The Morgan fingerprint density at radius 2 is 1.81 bits per heavy atom. The number of aliphatic hydroxyl groups is 1. The van der Waals surface area contributed by atoms with Crippen molar-refractivity contribution in [3.8, 4) is 0 Å². The maximum Gasteiger partial charge on any atom is 0.140 e. The highest BCUT2D eigenvalue weighted by Gasteiger charge is 2.33. The molecule has 0 fully saturated rings. The lowest BCUT2D eigenvalue weighted by Gasteiger charge is -2.17. The molecule has 3 rings (SSSR count). The number of carbonyl (C=O) groups excluding carboxylic acids is 1.